The van der Waals surface area contributed by atoms with Crippen molar-refractivity contribution in [3.63, 3.8) is 0 Å². The zero-order valence-corrected chi connectivity index (χ0v) is 15.9. The summed E-state index contributed by atoms with van der Waals surface area (Å²) in [6.07, 6.45) is 7.99. The predicted molar refractivity (Wildman–Crippen MR) is 98.3 cm³/mol. The van der Waals surface area contributed by atoms with E-state index in [0.29, 0.717) is 30.1 Å². The quantitative estimate of drug-likeness (QED) is 0.855. The number of hydrogen-bond donors (Lipinski definition) is 1. The van der Waals surface area contributed by atoms with E-state index < -0.39 is 0 Å². The van der Waals surface area contributed by atoms with Gasteiger partial charge in [-0.2, -0.15) is 0 Å². The van der Waals surface area contributed by atoms with Gasteiger partial charge in [-0.1, -0.05) is 0 Å². The lowest BCUT2D eigenvalue weighted by molar-refractivity contribution is -0.0122. The molecular weight excluding hydrogens is 344 g/mol. The van der Waals surface area contributed by atoms with Crippen LogP contribution in [0.4, 0.5) is 0 Å². The van der Waals surface area contributed by atoms with E-state index in [1.165, 1.54) is 0 Å². The first-order valence-corrected chi connectivity index (χ1v) is 10.2. The number of carbonyl (C=O) groups is 1. The molecule has 1 aromatic heterocycles. The van der Waals surface area contributed by atoms with Crippen molar-refractivity contribution in [1.29, 1.82) is 0 Å². The molecule has 4 saturated heterocycles. The van der Waals surface area contributed by atoms with Crippen molar-refractivity contribution >= 4 is 5.91 Å². The SMILES string of the molecule is Cc1cnc(C(=O)NC[C@H]2[C@H]3CN(C4CCOCC4)C[C@]34CC[C@H]2O4)cn1. The molecule has 27 heavy (non-hydrogen) atoms. The van der Waals surface area contributed by atoms with E-state index in [1.54, 1.807) is 12.4 Å². The van der Waals surface area contributed by atoms with Gasteiger partial charge in [0.2, 0.25) is 0 Å². The molecule has 0 aromatic carbocycles. The van der Waals surface area contributed by atoms with Crippen LogP contribution in [0.2, 0.25) is 0 Å². The molecule has 0 radical (unpaired) electrons. The van der Waals surface area contributed by atoms with Crippen LogP contribution in [0.25, 0.3) is 0 Å². The Morgan fingerprint density at radius 3 is 2.93 bits per heavy atom. The van der Waals surface area contributed by atoms with Crippen LogP contribution in [0.15, 0.2) is 12.4 Å². The normalized spacial score (nSPS) is 36.1. The Labute approximate surface area is 159 Å². The average molecular weight is 372 g/mol. The molecule has 1 spiro atoms. The lowest BCUT2D eigenvalue weighted by Crippen LogP contribution is -2.42. The minimum Gasteiger partial charge on any atom is -0.381 e. The molecule has 0 aliphatic carbocycles. The number of ether oxygens (including phenoxy) is 2. The van der Waals surface area contributed by atoms with Crippen molar-refractivity contribution in [2.75, 3.05) is 32.8 Å². The highest BCUT2D eigenvalue weighted by Crippen LogP contribution is 2.55. The monoisotopic (exact) mass is 372 g/mol. The van der Waals surface area contributed by atoms with Crippen LogP contribution >= 0.6 is 0 Å². The van der Waals surface area contributed by atoms with E-state index in [4.69, 9.17) is 9.47 Å². The molecule has 4 atom stereocenters. The maximum Gasteiger partial charge on any atom is 0.271 e. The van der Waals surface area contributed by atoms with Gasteiger partial charge >= 0.3 is 0 Å². The van der Waals surface area contributed by atoms with Gasteiger partial charge < -0.3 is 14.8 Å². The first kappa shape index (κ1) is 17.5. The Balaban J connectivity index is 1.24. The molecule has 1 N–H and O–H groups in total. The van der Waals surface area contributed by atoms with E-state index in [-0.39, 0.29) is 17.6 Å². The number of carbonyl (C=O) groups excluding carboxylic acids is 1. The highest BCUT2D eigenvalue weighted by atomic mass is 16.5. The van der Waals surface area contributed by atoms with Gasteiger partial charge in [0.1, 0.15) is 5.69 Å². The number of fused-ring (bicyclic) bond motifs is 1. The third kappa shape index (κ3) is 3.05. The first-order chi connectivity index (χ1) is 13.1. The fraction of sp³-hybridized carbons (Fsp3) is 0.750. The standard InChI is InChI=1S/C20H28N4O3/c1-13-8-22-17(10-21-13)19(25)23-9-15-16-11-24(14-3-6-26-7-4-14)12-20(16)5-2-18(15)27-20/h8,10,14-16,18H,2-7,9,11-12H2,1H3,(H,23,25)/t15-,16+,18+,20+/m0/s1. The van der Waals surface area contributed by atoms with E-state index in [0.717, 1.165) is 57.7 Å². The topological polar surface area (TPSA) is 76.6 Å². The molecule has 7 nitrogen and oxygen atoms in total. The number of aromatic nitrogens is 2. The second-order valence-corrected chi connectivity index (χ2v) is 8.56. The molecule has 0 unspecified atom stereocenters. The molecule has 0 saturated carbocycles. The molecule has 7 heteroatoms. The summed E-state index contributed by atoms with van der Waals surface area (Å²) in [6.45, 7) is 6.41. The number of likely N-dealkylation sites (tertiary alicyclic amines) is 1. The van der Waals surface area contributed by atoms with Gasteiger partial charge in [0.05, 0.1) is 23.6 Å². The Morgan fingerprint density at radius 2 is 2.15 bits per heavy atom. The number of aryl methyl sites for hydroxylation is 1. The molecular formula is C20H28N4O3. The molecule has 4 fully saturated rings. The van der Waals surface area contributed by atoms with Gasteiger partial charge in [-0.25, -0.2) is 4.98 Å². The van der Waals surface area contributed by atoms with Gasteiger partial charge in [0, 0.05) is 56.9 Å². The van der Waals surface area contributed by atoms with Crippen LogP contribution in [0.1, 0.15) is 41.9 Å². The van der Waals surface area contributed by atoms with Gasteiger partial charge in [0.25, 0.3) is 5.91 Å². The summed E-state index contributed by atoms with van der Waals surface area (Å²) in [7, 11) is 0. The van der Waals surface area contributed by atoms with Gasteiger partial charge in [0.15, 0.2) is 0 Å². The summed E-state index contributed by atoms with van der Waals surface area (Å²) in [6, 6.07) is 0.624. The number of hydrogen-bond acceptors (Lipinski definition) is 6. The van der Waals surface area contributed by atoms with Crippen molar-refractivity contribution in [2.45, 2.75) is 50.4 Å². The molecule has 1 aromatic rings. The van der Waals surface area contributed by atoms with Crippen LogP contribution in [0.3, 0.4) is 0 Å². The molecule has 4 aliphatic rings. The largest absolute Gasteiger partial charge is 0.381 e. The second-order valence-electron chi connectivity index (χ2n) is 8.56. The van der Waals surface area contributed by atoms with Gasteiger partial charge in [-0.3, -0.25) is 14.7 Å². The van der Waals surface area contributed by atoms with Gasteiger partial charge in [-0.15, -0.1) is 0 Å². The van der Waals surface area contributed by atoms with Crippen LogP contribution in [0, 0.1) is 18.8 Å². The maximum absolute atomic E-state index is 12.4. The van der Waals surface area contributed by atoms with E-state index in [2.05, 4.69) is 20.2 Å². The number of rotatable bonds is 4. The van der Waals surface area contributed by atoms with E-state index in [9.17, 15) is 4.79 Å². The molecule has 2 bridgehead atoms. The Bertz CT molecular complexity index is 706. The van der Waals surface area contributed by atoms with Crippen molar-refractivity contribution in [3.05, 3.63) is 23.8 Å². The smallest absolute Gasteiger partial charge is 0.271 e. The second kappa shape index (κ2) is 6.79. The van der Waals surface area contributed by atoms with E-state index >= 15 is 0 Å². The van der Waals surface area contributed by atoms with Crippen LogP contribution in [0.5, 0.6) is 0 Å². The van der Waals surface area contributed by atoms with Crippen molar-refractivity contribution in [3.8, 4) is 0 Å². The third-order valence-electron chi connectivity index (χ3n) is 7.03. The number of amides is 1. The lowest BCUT2D eigenvalue weighted by atomic mass is 9.73. The summed E-state index contributed by atoms with van der Waals surface area (Å²) in [5.41, 5.74) is 1.21. The number of nitrogens with one attached hydrogen (secondary N) is 1. The Hall–Kier alpha value is -1.57. The molecule has 1 amide bonds. The molecule has 5 heterocycles. The summed E-state index contributed by atoms with van der Waals surface area (Å²) in [5.74, 6) is 0.771. The zero-order valence-electron chi connectivity index (χ0n) is 15.9. The van der Waals surface area contributed by atoms with Gasteiger partial charge in [-0.05, 0) is 32.6 Å². The summed E-state index contributed by atoms with van der Waals surface area (Å²) >= 11 is 0. The minimum absolute atomic E-state index is 0.0159. The van der Waals surface area contributed by atoms with Crippen molar-refractivity contribution in [2.24, 2.45) is 11.8 Å². The summed E-state index contributed by atoms with van der Waals surface area (Å²) < 4.78 is 12.1. The fourth-order valence-corrected chi connectivity index (χ4v) is 5.64. The molecule has 5 rings (SSSR count). The first-order valence-electron chi connectivity index (χ1n) is 10.2. The number of nitrogens with zero attached hydrogens (tertiary/aromatic N) is 3. The minimum atomic E-state index is -0.140. The fourth-order valence-electron chi connectivity index (χ4n) is 5.64. The summed E-state index contributed by atoms with van der Waals surface area (Å²) in [4.78, 5) is 23.4. The maximum atomic E-state index is 12.4. The Morgan fingerprint density at radius 1 is 1.30 bits per heavy atom. The van der Waals surface area contributed by atoms with Crippen LogP contribution in [-0.4, -0.2) is 71.4 Å². The molecule has 146 valence electrons. The highest BCUT2D eigenvalue weighted by molar-refractivity contribution is 5.91. The van der Waals surface area contributed by atoms with Crippen LogP contribution in [-0.2, 0) is 9.47 Å². The predicted octanol–water partition coefficient (Wildman–Crippen LogP) is 1.17. The van der Waals surface area contributed by atoms with Crippen molar-refractivity contribution in [1.82, 2.24) is 20.2 Å². The lowest BCUT2D eigenvalue weighted by Gasteiger charge is -2.32. The zero-order chi connectivity index (χ0) is 18.4. The average Bonchev–Trinajstić information content (AvgIpc) is 3.36. The van der Waals surface area contributed by atoms with Crippen LogP contribution < -0.4 is 5.32 Å². The highest BCUT2D eigenvalue weighted by Gasteiger charge is 2.63. The Kier molecular flexibility index (Phi) is 4.41. The molecule has 4 aliphatic heterocycles. The van der Waals surface area contributed by atoms with Crippen molar-refractivity contribution < 1.29 is 14.3 Å². The third-order valence-corrected chi connectivity index (χ3v) is 7.03. The summed E-state index contributed by atoms with van der Waals surface area (Å²) in [5, 5.41) is 3.09. The van der Waals surface area contributed by atoms with E-state index in [1.807, 2.05) is 6.92 Å².